The lowest BCUT2D eigenvalue weighted by molar-refractivity contribution is -0.131. The van der Waals surface area contributed by atoms with Gasteiger partial charge < -0.3 is 15.5 Å². The van der Waals surface area contributed by atoms with Crippen molar-refractivity contribution >= 4 is 24.0 Å². The van der Waals surface area contributed by atoms with E-state index in [4.69, 9.17) is 5.73 Å². The third-order valence-electron chi connectivity index (χ3n) is 3.90. The number of carbonyl (C=O) groups excluding carboxylic acids is 1. The zero-order chi connectivity index (χ0) is 14.2. The first-order valence-electron chi connectivity index (χ1n) is 6.60. The van der Waals surface area contributed by atoms with Crippen LogP contribution in [0.5, 0.6) is 0 Å². The molecule has 20 heavy (non-hydrogen) atoms. The van der Waals surface area contributed by atoms with Gasteiger partial charge in [0.05, 0.1) is 5.41 Å². The highest BCUT2D eigenvalue weighted by Crippen LogP contribution is 2.55. The highest BCUT2D eigenvalue weighted by atomic mass is 35.5. The van der Waals surface area contributed by atoms with Crippen molar-refractivity contribution in [3.05, 3.63) is 29.8 Å². The maximum atomic E-state index is 12.6. The third-order valence-corrected chi connectivity index (χ3v) is 3.90. The lowest BCUT2D eigenvalue weighted by Gasteiger charge is -2.23. The van der Waals surface area contributed by atoms with E-state index in [-0.39, 0.29) is 23.7 Å². The van der Waals surface area contributed by atoms with Crippen LogP contribution in [0.15, 0.2) is 24.3 Å². The smallest absolute Gasteiger partial charge is 0.233 e. The minimum absolute atomic E-state index is 0. The molecule has 0 radical (unpaired) electrons. The standard InChI is InChI=1S/C15H23N3O.ClH/c1-17(2)10-12-9-15(12,14(19)18(3)4)11-5-7-13(16)8-6-11;/h5-8,12H,9-10,16H2,1-4H3;1H/t12-,15+;/m1./s1. The minimum Gasteiger partial charge on any atom is -0.399 e. The van der Waals surface area contributed by atoms with Gasteiger partial charge in [0.25, 0.3) is 0 Å². The molecule has 5 heteroatoms. The topological polar surface area (TPSA) is 49.6 Å². The molecule has 0 heterocycles. The molecular weight excluding hydrogens is 274 g/mol. The van der Waals surface area contributed by atoms with Gasteiger partial charge >= 0.3 is 0 Å². The Morgan fingerprint density at radius 2 is 1.80 bits per heavy atom. The summed E-state index contributed by atoms with van der Waals surface area (Å²) in [6.07, 6.45) is 0.923. The van der Waals surface area contributed by atoms with Crippen molar-refractivity contribution in [1.82, 2.24) is 9.80 Å². The van der Waals surface area contributed by atoms with Gasteiger partial charge in [-0.25, -0.2) is 0 Å². The monoisotopic (exact) mass is 297 g/mol. The van der Waals surface area contributed by atoms with Crippen LogP contribution in [-0.2, 0) is 10.2 Å². The van der Waals surface area contributed by atoms with Crippen molar-refractivity contribution in [3.63, 3.8) is 0 Å². The molecule has 2 N–H and O–H groups in total. The average Bonchev–Trinajstić information content (AvgIpc) is 3.03. The first-order chi connectivity index (χ1) is 8.87. The number of nitrogen functional groups attached to an aromatic ring is 1. The lowest BCUT2D eigenvalue weighted by atomic mass is 9.91. The number of halogens is 1. The van der Waals surface area contributed by atoms with Gasteiger partial charge in [0.2, 0.25) is 5.91 Å². The number of amides is 1. The molecular formula is C15H24ClN3O. The van der Waals surface area contributed by atoms with Gasteiger partial charge in [-0.15, -0.1) is 12.4 Å². The molecule has 2 rings (SSSR count). The van der Waals surface area contributed by atoms with Crippen LogP contribution in [0.4, 0.5) is 5.69 Å². The van der Waals surface area contributed by atoms with Crippen LogP contribution in [-0.4, -0.2) is 50.4 Å². The van der Waals surface area contributed by atoms with Crippen molar-refractivity contribution in [2.45, 2.75) is 11.8 Å². The Hall–Kier alpha value is -1.26. The maximum Gasteiger partial charge on any atom is 0.233 e. The first-order valence-corrected chi connectivity index (χ1v) is 6.60. The fourth-order valence-corrected chi connectivity index (χ4v) is 2.91. The fraction of sp³-hybridized carbons (Fsp3) is 0.533. The molecule has 4 nitrogen and oxygen atoms in total. The summed E-state index contributed by atoms with van der Waals surface area (Å²) in [5, 5.41) is 0. The molecule has 0 unspecified atom stereocenters. The molecule has 1 fully saturated rings. The Labute approximate surface area is 127 Å². The maximum absolute atomic E-state index is 12.6. The summed E-state index contributed by atoms with van der Waals surface area (Å²) in [5.74, 6) is 0.588. The summed E-state index contributed by atoms with van der Waals surface area (Å²) in [5.41, 5.74) is 7.22. The summed E-state index contributed by atoms with van der Waals surface area (Å²) in [4.78, 5) is 16.4. The van der Waals surface area contributed by atoms with E-state index >= 15 is 0 Å². The molecule has 1 amide bonds. The van der Waals surface area contributed by atoms with E-state index in [1.54, 1.807) is 4.90 Å². The van der Waals surface area contributed by atoms with E-state index in [1.807, 2.05) is 52.5 Å². The van der Waals surface area contributed by atoms with Crippen molar-refractivity contribution in [3.8, 4) is 0 Å². The SMILES string of the molecule is CN(C)C[C@H]1C[C@]1(C(=O)N(C)C)c1ccc(N)cc1.Cl. The Morgan fingerprint density at radius 3 is 2.25 bits per heavy atom. The second-order valence-corrected chi connectivity index (χ2v) is 5.96. The molecule has 2 atom stereocenters. The average molecular weight is 298 g/mol. The molecule has 1 aromatic carbocycles. The summed E-state index contributed by atoms with van der Waals surface area (Å²) in [6, 6.07) is 7.74. The zero-order valence-corrected chi connectivity index (χ0v) is 13.4. The molecule has 112 valence electrons. The predicted molar refractivity (Wildman–Crippen MR) is 85.1 cm³/mol. The summed E-state index contributed by atoms with van der Waals surface area (Å²) >= 11 is 0. The normalized spacial score (nSPS) is 24.1. The molecule has 1 aliphatic carbocycles. The minimum atomic E-state index is -0.346. The van der Waals surface area contributed by atoms with Crippen molar-refractivity contribution < 1.29 is 4.79 Å². The summed E-state index contributed by atoms with van der Waals surface area (Å²) in [6.45, 7) is 0.934. The Balaban J connectivity index is 0.00000200. The number of nitrogens with two attached hydrogens (primary N) is 1. The van der Waals surface area contributed by atoms with Gasteiger partial charge in [-0.2, -0.15) is 0 Å². The number of hydrogen-bond donors (Lipinski definition) is 1. The Kier molecular flexibility index (Phi) is 5.05. The van der Waals surface area contributed by atoms with Gasteiger partial charge in [-0.05, 0) is 44.1 Å². The van der Waals surface area contributed by atoms with Crippen LogP contribution in [0.3, 0.4) is 0 Å². The van der Waals surface area contributed by atoms with Gasteiger partial charge in [0.1, 0.15) is 0 Å². The van der Waals surface area contributed by atoms with E-state index in [0.29, 0.717) is 5.92 Å². The number of anilines is 1. The van der Waals surface area contributed by atoms with Crippen molar-refractivity contribution in [2.75, 3.05) is 40.5 Å². The molecule has 0 aliphatic heterocycles. The Bertz CT molecular complexity index is 473. The molecule has 1 aromatic rings. The van der Waals surface area contributed by atoms with Gasteiger partial charge in [0.15, 0.2) is 0 Å². The fourth-order valence-electron chi connectivity index (χ4n) is 2.91. The lowest BCUT2D eigenvalue weighted by Crippen LogP contribution is -2.36. The van der Waals surface area contributed by atoms with Crippen LogP contribution >= 0.6 is 12.4 Å². The molecule has 0 aromatic heterocycles. The van der Waals surface area contributed by atoms with E-state index < -0.39 is 0 Å². The molecule has 1 aliphatic rings. The van der Waals surface area contributed by atoms with Crippen LogP contribution in [0.2, 0.25) is 0 Å². The van der Waals surface area contributed by atoms with Gasteiger partial charge in [-0.3, -0.25) is 4.79 Å². The number of hydrogen-bond acceptors (Lipinski definition) is 3. The molecule has 0 saturated heterocycles. The van der Waals surface area contributed by atoms with Crippen molar-refractivity contribution in [2.24, 2.45) is 5.92 Å². The predicted octanol–water partition coefficient (Wildman–Crippen LogP) is 1.60. The number of nitrogens with zero attached hydrogens (tertiary/aromatic N) is 2. The van der Waals surface area contributed by atoms with E-state index in [0.717, 1.165) is 24.2 Å². The second kappa shape index (κ2) is 6.02. The van der Waals surface area contributed by atoms with E-state index in [2.05, 4.69) is 4.90 Å². The van der Waals surface area contributed by atoms with E-state index in [1.165, 1.54) is 0 Å². The van der Waals surface area contributed by atoms with Crippen molar-refractivity contribution in [1.29, 1.82) is 0 Å². The zero-order valence-electron chi connectivity index (χ0n) is 12.6. The summed E-state index contributed by atoms with van der Waals surface area (Å²) < 4.78 is 0. The van der Waals surface area contributed by atoms with E-state index in [9.17, 15) is 4.79 Å². The van der Waals surface area contributed by atoms with Crippen LogP contribution in [0, 0.1) is 5.92 Å². The number of carbonyl (C=O) groups is 1. The quantitative estimate of drug-likeness (QED) is 0.859. The first kappa shape index (κ1) is 16.8. The summed E-state index contributed by atoms with van der Waals surface area (Å²) in [7, 11) is 7.75. The van der Waals surface area contributed by atoms with Gasteiger partial charge in [-0.1, -0.05) is 12.1 Å². The van der Waals surface area contributed by atoms with Crippen LogP contribution in [0.25, 0.3) is 0 Å². The van der Waals surface area contributed by atoms with Crippen LogP contribution < -0.4 is 5.73 Å². The molecule has 1 saturated carbocycles. The number of benzene rings is 1. The second-order valence-electron chi connectivity index (χ2n) is 5.96. The number of rotatable bonds is 4. The third kappa shape index (κ3) is 2.91. The highest BCUT2D eigenvalue weighted by Gasteiger charge is 2.61. The van der Waals surface area contributed by atoms with Gasteiger partial charge in [0, 0.05) is 26.3 Å². The highest BCUT2D eigenvalue weighted by molar-refractivity contribution is 5.92. The van der Waals surface area contributed by atoms with Crippen LogP contribution in [0.1, 0.15) is 12.0 Å². The molecule has 0 bridgehead atoms. The Morgan fingerprint density at radius 1 is 1.25 bits per heavy atom. The molecule has 0 spiro atoms. The number of likely N-dealkylation sites (N-methyl/N-ethyl adjacent to an activating group) is 1. The largest absolute Gasteiger partial charge is 0.399 e.